The van der Waals surface area contributed by atoms with Crippen LogP contribution in [0.2, 0.25) is 0 Å². The van der Waals surface area contributed by atoms with Crippen LogP contribution in [0.25, 0.3) is 0 Å². The second-order valence-corrected chi connectivity index (χ2v) is 4.48. The van der Waals surface area contributed by atoms with Crippen molar-refractivity contribution in [2.75, 3.05) is 5.32 Å². The smallest absolute Gasteiger partial charge is 0.244 e. The van der Waals surface area contributed by atoms with Crippen LogP contribution in [0.3, 0.4) is 0 Å². The molecule has 0 aliphatic heterocycles. The number of rotatable bonds is 2. The molecule has 0 unspecified atom stereocenters. The molecule has 16 heavy (non-hydrogen) atoms. The Bertz CT molecular complexity index is 407. The molecule has 1 saturated carbocycles. The van der Waals surface area contributed by atoms with E-state index in [4.69, 9.17) is 5.73 Å². The van der Waals surface area contributed by atoms with Gasteiger partial charge in [0, 0.05) is 5.69 Å². The van der Waals surface area contributed by atoms with Crippen LogP contribution in [0.4, 0.5) is 10.1 Å². The maximum Gasteiger partial charge on any atom is 0.244 e. The number of halogens is 1. The molecule has 0 aromatic heterocycles. The van der Waals surface area contributed by atoms with Crippen molar-refractivity contribution in [1.29, 1.82) is 0 Å². The third kappa shape index (κ3) is 2.07. The number of amides is 1. The molecule has 0 saturated heterocycles. The number of carbonyl (C=O) groups is 1. The van der Waals surface area contributed by atoms with E-state index in [9.17, 15) is 9.18 Å². The van der Waals surface area contributed by atoms with Crippen molar-refractivity contribution in [3.63, 3.8) is 0 Å². The fourth-order valence-corrected chi connectivity index (χ4v) is 1.85. The van der Waals surface area contributed by atoms with Crippen LogP contribution in [0.1, 0.15) is 24.8 Å². The maximum atomic E-state index is 13.1. The minimum Gasteiger partial charge on any atom is -0.324 e. The van der Waals surface area contributed by atoms with Crippen LogP contribution < -0.4 is 11.1 Å². The highest BCUT2D eigenvalue weighted by molar-refractivity contribution is 5.98. The predicted molar refractivity (Wildman–Crippen MR) is 60.5 cm³/mol. The number of benzene rings is 1. The first-order valence-corrected chi connectivity index (χ1v) is 5.37. The molecule has 0 atom stereocenters. The van der Waals surface area contributed by atoms with E-state index in [0.29, 0.717) is 18.5 Å². The molecule has 0 spiro atoms. The van der Waals surface area contributed by atoms with E-state index in [1.165, 1.54) is 12.1 Å². The molecule has 4 heteroatoms. The molecular formula is C12H15FN2O. The number of hydrogen-bond acceptors (Lipinski definition) is 2. The average Bonchev–Trinajstić information content (AvgIpc) is 2.12. The second-order valence-electron chi connectivity index (χ2n) is 4.48. The van der Waals surface area contributed by atoms with E-state index in [1.54, 1.807) is 13.0 Å². The van der Waals surface area contributed by atoms with E-state index in [-0.39, 0.29) is 11.7 Å². The van der Waals surface area contributed by atoms with Gasteiger partial charge in [-0.05, 0) is 49.9 Å². The molecule has 1 amide bonds. The number of nitrogens with one attached hydrogen (secondary N) is 1. The van der Waals surface area contributed by atoms with E-state index >= 15 is 0 Å². The molecule has 2 rings (SSSR count). The second kappa shape index (κ2) is 3.87. The molecule has 1 aromatic carbocycles. The zero-order chi connectivity index (χ0) is 11.8. The topological polar surface area (TPSA) is 55.1 Å². The summed E-state index contributed by atoms with van der Waals surface area (Å²) in [6.07, 6.45) is 2.38. The van der Waals surface area contributed by atoms with E-state index in [1.807, 2.05) is 0 Å². The van der Waals surface area contributed by atoms with Gasteiger partial charge in [0.2, 0.25) is 5.91 Å². The van der Waals surface area contributed by atoms with Crippen molar-refractivity contribution in [2.45, 2.75) is 31.7 Å². The average molecular weight is 222 g/mol. The first kappa shape index (κ1) is 11.1. The van der Waals surface area contributed by atoms with Crippen molar-refractivity contribution in [1.82, 2.24) is 0 Å². The number of nitrogens with two attached hydrogens (primary N) is 1. The van der Waals surface area contributed by atoms with Gasteiger partial charge in [0.25, 0.3) is 0 Å². The summed E-state index contributed by atoms with van der Waals surface area (Å²) >= 11 is 0. The van der Waals surface area contributed by atoms with Crippen LogP contribution >= 0.6 is 0 Å². The molecular weight excluding hydrogens is 207 g/mol. The number of aryl methyl sites for hydroxylation is 1. The highest BCUT2D eigenvalue weighted by Crippen LogP contribution is 2.30. The van der Waals surface area contributed by atoms with Crippen molar-refractivity contribution >= 4 is 11.6 Å². The van der Waals surface area contributed by atoms with Gasteiger partial charge in [-0.25, -0.2) is 4.39 Å². The first-order valence-electron chi connectivity index (χ1n) is 5.37. The first-order chi connectivity index (χ1) is 7.49. The van der Waals surface area contributed by atoms with Gasteiger partial charge in [-0.1, -0.05) is 0 Å². The fourth-order valence-electron chi connectivity index (χ4n) is 1.85. The van der Waals surface area contributed by atoms with Gasteiger partial charge >= 0.3 is 0 Å². The third-order valence-corrected chi connectivity index (χ3v) is 3.00. The van der Waals surface area contributed by atoms with Gasteiger partial charge < -0.3 is 11.1 Å². The van der Waals surface area contributed by atoms with Gasteiger partial charge in [0.1, 0.15) is 5.82 Å². The van der Waals surface area contributed by atoms with Crippen LogP contribution in [-0.2, 0) is 4.79 Å². The molecule has 3 nitrogen and oxygen atoms in total. The van der Waals surface area contributed by atoms with E-state index in [0.717, 1.165) is 12.0 Å². The summed E-state index contributed by atoms with van der Waals surface area (Å²) in [5.41, 5.74) is 6.36. The minimum absolute atomic E-state index is 0.219. The van der Waals surface area contributed by atoms with Crippen LogP contribution in [0.15, 0.2) is 18.2 Å². The summed E-state index contributed by atoms with van der Waals surface area (Å²) in [7, 11) is 0. The lowest BCUT2D eigenvalue weighted by molar-refractivity contribution is -0.123. The van der Waals surface area contributed by atoms with Crippen LogP contribution in [0.5, 0.6) is 0 Å². The Balaban J connectivity index is 2.11. The summed E-state index contributed by atoms with van der Waals surface area (Å²) in [5, 5.41) is 2.66. The largest absolute Gasteiger partial charge is 0.324 e. The summed E-state index contributed by atoms with van der Waals surface area (Å²) in [4.78, 5) is 11.8. The van der Waals surface area contributed by atoms with Gasteiger partial charge in [-0.2, -0.15) is 0 Å². The van der Waals surface area contributed by atoms with Gasteiger partial charge in [0.15, 0.2) is 0 Å². The number of hydrogen-bond donors (Lipinski definition) is 2. The lowest BCUT2D eigenvalue weighted by atomic mass is 9.77. The molecule has 1 fully saturated rings. The van der Waals surface area contributed by atoms with Crippen LogP contribution in [-0.4, -0.2) is 11.4 Å². The Hall–Kier alpha value is -1.42. The monoisotopic (exact) mass is 222 g/mol. The van der Waals surface area contributed by atoms with Crippen molar-refractivity contribution in [3.05, 3.63) is 29.6 Å². The Morgan fingerprint density at radius 2 is 2.12 bits per heavy atom. The summed E-state index contributed by atoms with van der Waals surface area (Å²) in [6, 6.07) is 4.44. The normalized spacial score (nSPS) is 17.7. The molecule has 1 aliphatic rings. The minimum atomic E-state index is -0.750. The number of carbonyl (C=O) groups excluding carboxylic acids is 1. The van der Waals surface area contributed by atoms with Crippen LogP contribution in [0, 0.1) is 12.7 Å². The summed E-state index contributed by atoms with van der Waals surface area (Å²) < 4.78 is 13.1. The predicted octanol–water partition coefficient (Wildman–Crippen LogP) is 1.95. The van der Waals surface area contributed by atoms with Crippen molar-refractivity contribution in [2.24, 2.45) is 5.73 Å². The maximum absolute atomic E-state index is 13.1. The molecule has 1 aliphatic carbocycles. The Morgan fingerprint density at radius 3 is 2.62 bits per heavy atom. The standard InChI is InChI=1S/C12H15FN2O/c1-8-5-9(13)7-10(6-8)15-11(16)12(14)3-2-4-12/h5-7H,2-4,14H2,1H3,(H,15,16). The van der Waals surface area contributed by atoms with E-state index < -0.39 is 5.54 Å². The fraction of sp³-hybridized carbons (Fsp3) is 0.417. The van der Waals surface area contributed by atoms with Gasteiger partial charge in [0.05, 0.1) is 5.54 Å². The third-order valence-electron chi connectivity index (χ3n) is 3.00. The zero-order valence-electron chi connectivity index (χ0n) is 9.22. The molecule has 3 N–H and O–H groups in total. The summed E-state index contributed by atoms with van der Waals surface area (Å²) in [6.45, 7) is 1.78. The van der Waals surface area contributed by atoms with Crippen molar-refractivity contribution in [3.8, 4) is 0 Å². The molecule has 0 radical (unpaired) electrons. The molecule has 86 valence electrons. The molecule has 0 bridgehead atoms. The lowest BCUT2D eigenvalue weighted by Crippen LogP contribution is -2.56. The lowest BCUT2D eigenvalue weighted by Gasteiger charge is -2.36. The van der Waals surface area contributed by atoms with E-state index in [2.05, 4.69) is 5.32 Å². The Kier molecular flexibility index (Phi) is 2.68. The molecule has 1 aromatic rings. The van der Waals surface area contributed by atoms with Gasteiger partial charge in [-0.3, -0.25) is 4.79 Å². The van der Waals surface area contributed by atoms with Crippen molar-refractivity contribution < 1.29 is 9.18 Å². The Morgan fingerprint density at radius 1 is 1.44 bits per heavy atom. The SMILES string of the molecule is Cc1cc(F)cc(NC(=O)C2(N)CCC2)c1. The Labute approximate surface area is 93.8 Å². The highest BCUT2D eigenvalue weighted by atomic mass is 19.1. The summed E-state index contributed by atoms with van der Waals surface area (Å²) in [5.74, 6) is -0.571. The number of anilines is 1. The molecule has 0 heterocycles. The zero-order valence-corrected chi connectivity index (χ0v) is 9.22. The quantitative estimate of drug-likeness (QED) is 0.803. The highest BCUT2D eigenvalue weighted by Gasteiger charge is 2.40. The van der Waals surface area contributed by atoms with Gasteiger partial charge in [-0.15, -0.1) is 0 Å².